The smallest absolute Gasteiger partial charge is 0.277 e. The summed E-state index contributed by atoms with van der Waals surface area (Å²) in [5, 5.41) is 0. The van der Waals surface area contributed by atoms with Crippen molar-refractivity contribution in [1.82, 2.24) is 13.7 Å². The first-order valence-corrected chi connectivity index (χ1v) is 10.6. The predicted molar refractivity (Wildman–Crippen MR) is 124 cm³/mol. The quantitative estimate of drug-likeness (QED) is 0.541. The van der Waals surface area contributed by atoms with Crippen LogP contribution < -0.4 is 22.0 Å². The van der Waals surface area contributed by atoms with E-state index >= 15 is 0 Å². The Labute approximate surface area is 187 Å². The number of amides is 1. The molecule has 0 saturated heterocycles. The van der Waals surface area contributed by atoms with Crippen LogP contribution in [0.5, 0.6) is 0 Å². The topological polar surface area (TPSA) is 86.3 Å². The van der Waals surface area contributed by atoms with Gasteiger partial charge in [0.15, 0.2) is 0 Å². The van der Waals surface area contributed by atoms with Crippen molar-refractivity contribution in [3.8, 4) is 0 Å². The molecule has 0 bridgehead atoms. The Balaban J connectivity index is 1.85. The van der Waals surface area contributed by atoms with Crippen LogP contribution in [0.25, 0.3) is 0 Å². The SMILES string of the molecule is C=CCn1c(=O)n(CC=C)c(=O)n(CC(=O)N2c3ccccc3Sc3ccccc32)c1=O. The largest absolute Gasteiger partial charge is 0.337 e. The molecule has 0 fully saturated rings. The van der Waals surface area contributed by atoms with Crippen molar-refractivity contribution in [2.45, 2.75) is 29.4 Å². The maximum Gasteiger partial charge on any atom is 0.337 e. The molecule has 3 aromatic rings. The number of hydrogen-bond acceptors (Lipinski definition) is 5. The second kappa shape index (κ2) is 8.72. The first kappa shape index (κ1) is 21.4. The molecule has 32 heavy (non-hydrogen) atoms. The minimum atomic E-state index is -0.860. The lowest BCUT2D eigenvalue weighted by Gasteiger charge is -2.31. The van der Waals surface area contributed by atoms with Gasteiger partial charge < -0.3 is 0 Å². The maximum absolute atomic E-state index is 13.5. The molecule has 0 aliphatic carbocycles. The summed E-state index contributed by atoms with van der Waals surface area (Å²) in [7, 11) is 0. The van der Waals surface area contributed by atoms with Crippen LogP contribution in [0.4, 0.5) is 11.4 Å². The standard InChI is InChI=1S/C23H20N4O4S/c1-3-13-24-21(29)25(14-4-2)23(31)26(22(24)30)15-20(28)27-16-9-5-7-11-18(16)32-19-12-8-6-10-17(19)27/h3-12H,1-2,13-15H2. The molecule has 9 heteroatoms. The zero-order valence-electron chi connectivity index (χ0n) is 17.1. The molecule has 0 radical (unpaired) electrons. The summed E-state index contributed by atoms with van der Waals surface area (Å²) >= 11 is 1.54. The number of nitrogens with zero attached hydrogens (tertiary/aromatic N) is 4. The fourth-order valence-electron chi connectivity index (χ4n) is 3.57. The normalized spacial score (nSPS) is 12.1. The van der Waals surface area contributed by atoms with Crippen LogP contribution in [0.15, 0.2) is 98.0 Å². The fraction of sp³-hybridized carbons (Fsp3) is 0.130. The molecule has 4 rings (SSSR count). The molecular formula is C23H20N4O4S. The summed E-state index contributed by atoms with van der Waals surface area (Å²) in [6.07, 6.45) is 2.76. The molecule has 2 heterocycles. The minimum Gasteiger partial charge on any atom is -0.277 e. The van der Waals surface area contributed by atoms with Gasteiger partial charge in [-0.05, 0) is 24.3 Å². The first-order valence-electron chi connectivity index (χ1n) is 9.83. The van der Waals surface area contributed by atoms with Gasteiger partial charge in [0.1, 0.15) is 6.54 Å². The van der Waals surface area contributed by atoms with Crippen molar-refractivity contribution in [1.29, 1.82) is 0 Å². The lowest BCUT2D eigenvalue weighted by Crippen LogP contribution is -2.55. The monoisotopic (exact) mass is 448 g/mol. The number of anilines is 2. The van der Waals surface area contributed by atoms with Gasteiger partial charge >= 0.3 is 17.1 Å². The first-order chi connectivity index (χ1) is 15.5. The van der Waals surface area contributed by atoms with E-state index in [4.69, 9.17) is 0 Å². The Morgan fingerprint density at radius 1 is 0.750 bits per heavy atom. The minimum absolute atomic E-state index is 0.0880. The number of benzene rings is 2. The number of carbonyl (C=O) groups is 1. The van der Waals surface area contributed by atoms with Crippen molar-refractivity contribution >= 4 is 29.0 Å². The molecule has 2 aromatic carbocycles. The second-order valence-electron chi connectivity index (χ2n) is 7.00. The van der Waals surface area contributed by atoms with Crippen molar-refractivity contribution < 1.29 is 4.79 Å². The molecule has 1 amide bonds. The van der Waals surface area contributed by atoms with Crippen LogP contribution in [0.3, 0.4) is 0 Å². The maximum atomic E-state index is 13.5. The third-order valence-corrected chi connectivity index (χ3v) is 6.11. The zero-order valence-corrected chi connectivity index (χ0v) is 18.0. The number of para-hydroxylation sites is 2. The van der Waals surface area contributed by atoms with Crippen molar-refractivity contribution in [2.75, 3.05) is 4.90 Å². The Kier molecular flexibility index (Phi) is 5.83. The highest BCUT2D eigenvalue weighted by Gasteiger charge is 2.29. The molecule has 1 aliphatic heterocycles. The lowest BCUT2D eigenvalue weighted by molar-refractivity contribution is -0.118. The summed E-state index contributed by atoms with van der Waals surface area (Å²) in [6, 6.07) is 14.8. The Bertz CT molecular complexity index is 1320. The van der Waals surface area contributed by atoms with Crippen LogP contribution in [-0.2, 0) is 24.4 Å². The molecule has 0 unspecified atom stereocenters. The van der Waals surface area contributed by atoms with Crippen LogP contribution >= 0.6 is 11.8 Å². The highest BCUT2D eigenvalue weighted by molar-refractivity contribution is 7.99. The van der Waals surface area contributed by atoms with Crippen LogP contribution in [0.1, 0.15) is 0 Å². The average molecular weight is 449 g/mol. The molecule has 8 nitrogen and oxygen atoms in total. The molecule has 162 valence electrons. The Morgan fingerprint density at radius 2 is 1.19 bits per heavy atom. The van der Waals surface area contributed by atoms with Crippen LogP contribution in [0, 0.1) is 0 Å². The summed E-state index contributed by atoms with van der Waals surface area (Å²) in [5.41, 5.74) is -1.16. The van der Waals surface area contributed by atoms with Crippen LogP contribution in [0.2, 0.25) is 0 Å². The van der Waals surface area contributed by atoms with Crippen molar-refractivity contribution in [3.05, 3.63) is 105 Å². The van der Waals surface area contributed by atoms with E-state index in [2.05, 4.69) is 13.2 Å². The van der Waals surface area contributed by atoms with Crippen molar-refractivity contribution in [2.24, 2.45) is 0 Å². The van der Waals surface area contributed by atoms with Gasteiger partial charge in [-0.3, -0.25) is 9.69 Å². The highest BCUT2D eigenvalue weighted by atomic mass is 32.2. The van der Waals surface area contributed by atoms with E-state index in [1.54, 1.807) is 11.8 Å². The molecule has 0 N–H and O–H groups in total. The molecule has 1 aromatic heterocycles. The van der Waals surface area contributed by atoms with Gasteiger partial charge in [-0.2, -0.15) is 0 Å². The third-order valence-electron chi connectivity index (χ3n) is 4.98. The van der Waals surface area contributed by atoms with Gasteiger partial charge in [-0.15, -0.1) is 13.2 Å². The second-order valence-corrected chi connectivity index (χ2v) is 8.08. The number of carbonyl (C=O) groups excluding carboxylic acids is 1. The summed E-state index contributed by atoms with van der Waals surface area (Å²) in [5.74, 6) is -0.474. The Hall–Kier alpha value is -3.85. The summed E-state index contributed by atoms with van der Waals surface area (Å²) in [4.78, 5) is 55.2. The molecule has 0 saturated carbocycles. The number of hydrogen-bond donors (Lipinski definition) is 0. The van der Waals surface area contributed by atoms with E-state index in [9.17, 15) is 19.2 Å². The van der Waals surface area contributed by atoms with E-state index in [-0.39, 0.29) is 13.1 Å². The van der Waals surface area contributed by atoms with E-state index < -0.39 is 29.5 Å². The number of aromatic nitrogens is 3. The molecule has 0 spiro atoms. The lowest BCUT2D eigenvalue weighted by atomic mass is 10.2. The van der Waals surface area contributed by atoms with E-state index in [1.165, 1.54) is 17.1 Å². The number of rotatable bonds is 6. The van der Waals surface area contributed by atoms with Gasteiger partial charge in [-0.1, -0.05) is 48.2 Å². The number of allylic oxidation sites excluding steroid dienone is 2. The summed E-state index contributed by atoms with van der Waals surface area (Å²) < 4.78 is 2.53. The molecular weight excluding hydrogens is 428 g/mol. The third kappa shape index (κ3) is 3.56. The van der Waals surface area contributed by atoms with E-state index in [0.29, 0.717) is 11.4 Å². The predicted octanol–water partition coefficient (Wildman–Crippen LogP) is 2.37. The molecule has 1 aliphatic rings. The van der Waals surface area contributed by atoms with E-state index in [1.807, 2.05) is 48.5 Å². The average Bonchev–Trinajstić information content (AvgIpc) is 2.80. The van der Waals surface area contributed by atoms with E-state index in [0.717, 1.165) is 23.5 Å². The van der Waals surface area contributed by atoms with Gasteiger partial charge in [0.25, 0.3) is 5.91 Å². The van der Waals surface area contributed by atoms with Crippen molar-refractivity contribution in [3.63, 3.8) is 0 Å². The fourth-order valence-corrected chi connectivity index (χ4v) is 4.63. The zero-order chi connectivity index (χ0) is 22.8. The van der Waals surface area contributed by atoms with Gasteiger partial charge in [-0.25, -0.2) is 28.1 Å². The van der Waals surface area contributed by atoms with Gasteiger partial charge in [0, 0.05) is 9.79 Å². The van der Waals surface area contributed by atoms with Crippen LogP contribution in [-0.4, -0.2) is 19.6 Å². The van der Waals surface area contributed by atoms with Gasteiger partial charge in [0.2, 0.25) is 0 Å². The highest BCUT2D eigenvalue weighted by Crippen LogP contribution is 2.47. The summed E-state index contributed by atoms with van der Waals surface area (Å²) in [6.45, 7) is 6.41. The van der Waals surface area contributed by atoms with Gasteiger partial charge in [0.05, 0.1) is 24.5 Å². The molecule has 0 atom stereocenters. The Morgan fingerprint density at radius 3 is 1.66 bits per heavy atom. The number of fused-ring (bicyclic) bond motifs is 2.